The molecule has 1 N–H and O–H groups in total. The second-order valence-electron chi connectivity index (χ2n) is 5.69. The van der Waals surface area contributed by atoms with Gasteiger partial charge in [0.1, 0.15) is 11.6 Å². The van der Waals surface area contributed by atoms with Gasteiger partial charge in [-0.1, -0.05) is 24.3 Å². The van der Waals surface area contributed by atoms with Crippen molar-refractivity contribution in [3.8, 4) is 5.75 Å². The molecule has 4 nitrogen and oxygen atoms in total. The molecular weight excluding hydrogens is 288 g/mol. The van der Waals surface area contributed by atoms with Gasteiger partial charge in [-0.3, -0.25) is 4.99 Å². The van der Waals surface area contributed by atoms with Crippen molar-refractivity contribution >= 4 is 17.5 Å². The molecular formula is C19H20N2O2. The van der Waals surface area contributed by atoms with Crippen LogP contribution < -0.4 is 10.1 Å². The van der Waals surface area contributed by atoms with Crippen molar-refractivity contribution in [1.29, 1.82) is 0 Å². The van der Waals surface area contributed by atoms with Crippen LogP contribution in [0.25, 0.3) is 0 Å². The molecule has 118 valence electrons. The first kappa shape index (κ1) is 15.3. The number of rotatable bonds is 3. The highest BCUT2D eigenvalue weighted by atomic mass is 16.5. The van der Waals surface area contributed by atoms with Crippen molar-refractivity contribution in [3.05, 3.63) is 59.2 Å². The van der Waals surface area contributed by atoms with Gasteiger partial charge in [0.25, 0.3) is 0 Å². The number of ether oxygens (including phenoxy) is 1. The van der Waals surface area contributed by atoms with Gasteiger partial charge in [0.05, 0.1) is 5.56 Å². The Balaban J connectivity index is 1.80. The maximum absolute atomic E-state index is 12.4. The standard InChI is InChI=1S/C19H20N2O2/c1-13-7-3-4-8-15(13)19(22)23-17-10-5-9-16(14(17)2)21-18-11-6-12-20-18/h3-5,7-10H,6,11-12H2,1-2H3,(H,20,21). The molecule has 0 spiro atoms. The van der Waals surface area contributed by atoms with E-state index < -0.39 is 0 Å². The molecule has 1 heterocycles. The molecule has 0 saturated heterocycles. The quantitative estimate of drug-likeness (QED) is 0.685. The minimum Gasteiger partial charge on any atom is -0.423 e. The molecule has 0 amide bonds. The average molecular weight is 308 g/mol. The summed E-state index contributed by atoms with van der Waals surface area (Å²) in [5.41, 5.74) is 3.33. The number of hydrogen-bond donors (Lipinski definition) is 1. The van der Waals surface area contributed by atoms with E-state index in [1.807, 2.05) is 50.2 Å². The highest BCUT2D eigenvalue weighted by molar-refractivity contribution is 5.97. The molecule has 0 saturated carbocycles. The molecule has 0 aliphatic carbocycles. The van der Waals surface area contributed by atoms with E-state index in [4.69, 9.17) is 4.74 Å². The molecule has 0 atom stereocenters. The van der Waals surface area contributed by atoms with Crippen molar-refractivity contribution in [3.63, 3.8) is 0 Å². The number of amidine groups is 1. The van der Waals surface area contributed by atoms with Gasteiger partial charge in [0, 0.05) is 24.2 Å². The van der Waals surface area contributed by atoms with Crippen LogP contribution in [0.15, 0.2) is 47.5 Å². The molecule has 1 aliphatic heterocycles. The van der Waals surface area contributed by atoms with Gasteiger partial charge in [-0.25, -0.2) is 4.79 Å². The summed E-state index contributed by atoms with van der Waals surface area (Å²) in [5.74, 6) is 1.24. The number of anilines is 1. The van der Waals surface area contributed by atoms with E-state index in [9.17, 15) is 4.79 Å². The molecule has 0 fully saturated rings. The average Bonchev–Trinajstić information content (AvgIpc) is 3.04. The first-order chi connectivity index (χ1) is 11.1. The SMILES string of the molecule is Cc1ccccc1C(=O)Oc1cccc(NC2=NCCC2)c1C. The van der Waals surface area contributed by atoms with Crippen molar-refractivity contribution in [2.24, 2.45) is 4.99 Å². The lowest BCUT2D eigenvalue weighted by Gasteiger charge is -2.13. The van der Waals surface area contributed by atoms with Gasteiger partial charge in [0.2, 0.25) is 0 Å². The number of benzene rings is 2. The minimum atomic E-state index is -0.332. The third-order valence-electron chi connectivity index (χ3n) is 4.01. The normalized spacial score (nSPS) is 13.6. The van der Waals surface area contributed by atoms with Crippen LogP contribution in [0, 0.1) is 13.8 Å². The number of carbonyl (C=O) groups is 1. The fourth-order valence-corrected chi connectivity index (χ4v) is 2.61. The molecule has 2 aromatic carbocycles. The lowest BCUT2D eigenvalue weighted by Crippen LogP contribution is -2.13. The fraction of sp³-hybridized carbons (Fsp3) is 0.263. The Hall–Kier alpha value is -2.62. The third kappa shape index (κ3) is 3.42. The van der Waals surface area contributed by atoms with E-state index in [2.05, 4.69) is 10.3 Å². The van der Waals surface area contributed by atoms with Crippen molar-refractivity contribution in [2.45, 2.75) is 26.7 Å². The zero-order valence-electron chi connectivity index (χ0n) is 13.4. The Morgan fingerprint density at radius 1 is 1.13 bits per heavy atom. The molecule has 0 aromatic heterocycles. The van der Waals surface area contributed by atoms with Crippen LogP contribution in [0.1, 0.15) is 34.3 Å². The summed E-state index contributed by atoms with van der Waals surface area (Å²) < 4.78 is 5.60. The number of aryl methyl sites for hydroxylation is 1. The zero-order valence-corrected chi connectivity index (χ0v) is 13.4. The first-order valence-electron chi connectivity index (χ1n) is 7.83. The van der Waals surface area contributed by atoms with Gasteiger partial charge in [-0.15, -0.1) is 0 Å². The Labute approximate surface area is 136 Å². The Morgan fingerprint density at radius 2 is 1.96 bits per heavy atom. The van der Waals surface area contributed by atoms with Crippen molar-refractivity contribution in [2.75, 3.05) is 11.9 Å². The molecule has 23 heavy (non-hydrogen) atoms. The van der Waals surface area contributed by atoms with Crippen molar-refractivity contribution in [1.82, 2.24) is 0 Å². The monoisotopic (exact) mass is 308 g/mol. The summed E-state index contributed by atoms with van der Waals surface area (Å²) in [6, 6.07) is 13.1. The van der Waals surface area contributed by atoms with E-state index in [0.29, 0.717) is 11.3 Å². The number of hydrogen-bond acceptors (Lipinski definition) is 4. The summed E-state index contributed by atoms with van der Waals surface area (Å²) in [4.78, 5) is 16.8. The fourth-order valence-electron chi connectivity index (χ4n) is 2.61. The molecule has 2 aromatic rings. The maximum atomic E-state index is 12.4. The van der Waals surface area contributed by atoms with Crippen LogP contribution in [0.2, 0.25) is 0 Å². The van der Waals surface area contributed by atoms with Crippen LogP contribution in [-0.2, 0) is 0 Å². The highest BCUT2D eigenvalue weighted by Crippen LogP contribution is 2.27. The molecule has 4 heteroatoms. The predicted molar refractivity (Wildman–Crippen MR) is 92.5 cm³/mol. The third-order valence-corrected chi connectivity index (χ3v) is 4.01. The number of esters is 1. The zero-order chi connectivity index (χ0) is 16.2. The van der Waals surface area contributed by atoms with E-state index in [0.717, 1.165) is 42.0 Å². The Kier molecular flexibility index (Phi) is 4.42. The second-order valence-corrected chi connectivity index (χ2v) is 5.69. The van der Waals surface area contributed by atoms with Crippen molar-refractivity contribution < 1.29 is 9.53 Å². The second kappa shape index (κ2) is 6.65. The smallest absolute Gasteiger partial charge is 0.343 e. The maximum Gasteiger partial charge on any atom is 0.343 e. The Morgan fingerprint density at radius 3 is 2.70 bits per heavy atom. The lowest BCUT2D eigenvalue weighted by atomic mass is 10.1. The van der Waals surface area contributed by atoms with E-state index in [1.54, 1.807) is 6.07 Å². The summed E-state index contributed by atoms with van der Waals surface area (Å²) in [7, 11) is 0. The number of nitrogens with one attached hydrogen (secondary N) is 1. The minimum absolute atomic E-state index is 0.332. The summed E-state index contributed by atoms with van der Waals surface area (Å²) in [6.07, 6.45) is 2.05. The summed E-state index contributed by atoms with van der Waals surface area (Å²) >= 11 is 0. The van der Waals surface area contributed by atoms with Crippen LogP contribution in [0.3, 0.4) is 0 Å². The van der Waals surface area contributed by atoms with Crippen LogP contribution in [0.5, 0.6) is 5.75 Å². The van der Waals surface area contributed by atoms with Gasteiger partial charge < -0.3 is 10.1 Å². The molecule has 1 aliphatic rings. The number of aliphatic imine (C=N–C) groups is 1. The van der Waals surface area contributed by atoms with Crippen LogP contribution in [0.4, 0.5) is 5.69 Å². The van der Waals surface area contributed by atoms with Gasteiger partial charge in [-0.2, -0.15) is 0 Å². The van der Waals surface area contributed by atoms with Gasteiger partial charge in [0.15, 0.2) is 0 Å². The largest absolute Gasteiger partial charge is 0.423 e. The Bertz CT molecular complexity index is 766. The number of nitrogens with zero attached hydrogens (tertiary/aromatic N) is 1. The summed E-state index contributed by atoms with van der Waals surface area (Å²) in [6.45, 7) is 4.72. The molecule has 0 unspecified atom stereocenters. The highest BCUT2D eigenvalue weighted by Gasteiger charge is 2.15. The summed E-state index contributed by atoms with van der Waals surface area (Å²) in [5, 5.41) is 3.33. The number of carbonyl (C=O) groups excluding carboxylic acids is 1. The van der Waals surface area contributed by atoms with Gasteiger partial charge >= 0.3 is 5.97 Å². The van der Waals surface area contributed by atoms with E-state index in [1.165, 1.54) is 0 Å². The van der Waals surface area contributed by atoms with Crippen LogP contribution >= 0.6 is 0 Å². The van der Waals surface area contributed by atoms with E-state index >= 15 is 0 Å². The topological polar surface area (TPSA) is 50.7 Å². The molecule has 0 bridgehead atoms. The van der Waals surface area contributed by atoms with Gasteiger partial charge in [-0.05, 0) is 44.0 Å². The first-order valence-corrected chi connectivity index (χ1v) is 7.83. The predicted octanol–water partition coefficient (Wildman–Crippen LogP) is 4.13. The lowest BCUT2D eigenvalue weighted by molar-refractivity contribution is 0.0733. The molecule has 3 rings (SSSR count). The molecule has 0 radical (unpaired) electrons. The van der Waals surface area contributed by atoms with E-state index in [-0.39, 0.29) is 5.97 Å². The van der Waals surface area contributed by atoms with Crippen LogP contribution in [-0.4, -0.2) is 18.3 Å².